The first-order valence-electron chi connectivity index (χ1n) is 11.3. The monoisotopic (exact) mass is 423 g/mol. The van der Waals surface area contributed by atoms with Gasteiger partial charge in [-0.05, 0) is 54.8 Å². The summed E-state index contributed by atoms with van der Waals surface area (Å²) in [5.41, 5.74) is 2.61. The highest BCUT2D eigenvalue weighted by Crippen LogP contribution is 2.26. The molecule has 0 aromatic heterocycles. The first-order valence-corrected chi connectivity index (χ1v) is 11.3. The van der Waals surface area contributed by atoms with E-state index in [1.807, 2.05) is 29.2 Å². The molecule has 1 saturated heterocycles. The third-order valence-corrected chi connectivity index (χ3v) is 6.34. The molecule has 2 aromatic rings. The van der Waals surface area contributed by atoms with E-state index in [1.54, 1.807) is 12.1 Å². The van der Waals surface area contributed by atoms with Gasteiger partial charge < -0.3 is 15.1 Å². The molecule has 0 spiro atoms. The second-order valence-electron chi connectivity index (χ2n) is 8.55. The Morgan fingerprint density at radius 1 is 0.871 bits per heavy atom. The Balaban J connectivity index is 1.26. The van der Waals surface area contributed by atoms with Crippen molar-refractivity contribution in [3.63, 3.8) is 0 Å². The number of nitrogens with zero attached hydrogens (tertiary/aromatic N) is 2. The first kappa shape index (κ1) is 21.3. The van der Waals surface area contributed by atoms with Gasteiger partial charge in [0.05, 0.1) is 6.42 Å². The second-order valence-corrected chi connectivity index (χ2v) is 8.55. The van der Waals surface area contributed by atoms with E-state index < -0.39 is 0 Å². The highest BCUT2D eigenvalue weighted by Gasteiger charge is 2.28. The van der Waals surface area contributed by atoms with E-state index >= 15 is 0 Å². The third-order valence-electron chi connectivity index (χ3n) is 6.34. The van der Waals surface area contributed by atoms with Gasteiger partial charge in [-0.1, -0.05) is 31.4 Å². The van der Waals surface area contributed by atoms with Crippen molar-refractivity contribution in [1.82, 2.24) is 4.90 Å². The smallest absolute Gasteiger partial charge is 0.228 e. The molecule has 31 heavy (non-hydrogen) atoms. The standard InChI is InChI=1S/C25H30FN3O2/c26-21-8-6-19(7-9-21)18-24(30)27-22-10-12-23(13-11-22)28-14-16-29(17-15-28)25(31)20-4-2-1-3-5-20/h6-13,20H,1-5,14-18H2,(H,27,30). The largest absolute Gasteiger partial charge is 0.368 e. The summed E-state index contributed by atoms with van der Waals surface area (Å²) in [5.74, 6) is 0.143. The second kappa shape index (κ2) is 9.94. The van der Waals surface area contributed by atoms with Gasteiger partial charge in [0, 0.05) is 43.5 Å². The van der Waals surface area contributed by atoms with Crippen LogP contribution in [0.4, 0.5) is 15.8 Å². The number of piperazine rings is 1. The number of halogens is 1. The van der Waals surface area contributed by atoms with Gasteiger partial charge in [0.2, 0.25) is 11.8 Å². The number of carbonyl (C=O) groups excluding carboxylic acids is 2. The Morgan fingerprint density at radius 3 is 2.16 bits per heavy atom. The molecule has 0 atom stereocenters. The minimum atomic E-state index is -0.307. The van der Waals surface area contributed by atoms with Gasteiger partial charge in [-0.3, -0.25) is 9.59 Å². The van der Waals surface area contributed by atoms with Crippen LogP contribution in [0.1, 0.15) is 37.7 Å². The average molecular weight is 424 g/mol. The van der Waals surface area contributed by atoms with Crippen LogP contribution in [0.2, 0.25) is 0 Å². The maximum absolute atomic E-state index is 13.0. The number of hydrogen-bond donors (Lipinski definition) is 1. The van der Waals surface area contributed by atoms with Gasteiger partial charge in [0.15, 0.2) is 0 Å². The van der Waals surface area contributed by atoms with E-state index in [4.69, 9.17) is 0 Å². The van der Waals surface area contributed by atoms with Crippen molar-refractivity contribution in [3.05, 3.63) is 59.9 Å². The Labute approximate surface area is 183 Å². The van der Waals surface area contributed by atoms with E-state index in [0.717, 1.165) is 56.0 Å². The van der Waals surface area contributed by atoms with Gasteiger partial charge in [0.25, 0.3) is 0 Å². The van der Waals surface area contributed by atoms with Crippen LogP contribution in [-0.4, -0.2) is 42.9 Å². The van der Waals surface area contributed by atoms with E-state index in [2.05, 4.69) is 10.2 Å². The molecule has 0 unspecified atom stereocenters. The molecule has 0 radical (unpaired) electrons. The molecule has 164 valence electrons. The number of carbonyl (C=O) groups is 2. The lowest BCUT2D eigenvalue weighted by atomic mass is 9.88. The molecule has 2 amide bonds. The fourth-order valence-corrected chi connectivity index (χ4v) is 4.54. The van der Waals surface area contributed by atoms with Crippen molar-refractivity contribution < 1.29 is 14.0 Å². The van der Waals surface area contributed by atoms with Gasteiger partial charge in [-0.2, -0.15) is 0 Å². The van der Waals surface area contributed by atoms with Crippen molar-refractivity contribution in [2.24, 2.45) is 5.92 Å². The van der Waals surface area contributed by atoms with Crippen molar-refractivity contribution in [2.45, 2.75) is 38.5 Å². The maximum Gasteiger partial charge on any atom is 0.228 e. The molecule has 1 aliphatic heterocycles. The quantitative estimate of drug-likeness (QED) is 0.783. The Morgan fingerprint density at radius 2 is 1.52 bits per heavy atom. The minimum Gasteiger partial charge on any atom is -0.368 e. The Hall–Kier alpha value is -2.89. The molecule has 5 nitrogen and oxygen atoms in total. The molecule has 0 bridgehead atoms. The van der Waals surface area contributed by atoms with E-state index in [1.165, 1.54) is 31.4 Å². The summed E-state index contributed by atoms with van der Waals surface area (Å²) < 4.78 is 13.0. The number of benzene rings is 2. The average Bonchev–Trinajstić information content (AvgIpc) is 2.81. The lowest BCUT2D eigenvalue weighted by Gasteiger charge is -2.38. The summed E-state index contributed by atoms with van der Waals surface area (Å²) in [6, 6.07) is 13.8. The molecule has 1 N–H and O–H groups in total. The van der Waals surface area contributed by atoms with Crippen LogP contribution < -0.4 is 10.2 Å². The van der Waals surface area contributed by atoms with Crippen LogP contribution in [0.5, 0.6) is 0 Å². The van der Waals surface area contributed by atoms with E-state index in [-0.39, 0.29) is 24.1 Å². The molecule has 1 aliphatic carbocycles. The van der Waals surface area contributed by atoms with Crippen LogP contribution in [0.3, 0.4) is 0 Å². The lowest BCUT2D eigenvalue weighted by molar-refractivity contribution is -0.136. The van der Waals surface area contributed by atoms with Crippen LogP contribution in [0.25, 0.3) is 0 Å². The van der Waals surface area contributed by atoms with Gasteiger partial charge in [0.1, 0.15) is 5.82 Å². The predicted octanol–water partition coefficient (Wildman–Crippen LogP) is 4.24. The molecular weight excluding hydrogens is 393 g/mol. The SMILES string of the molecule is O=C(Cc1ccc(F)cc1)Nc1ccc(N2CCN(C(=O)C3CCCCC3)CC2)cc1. The molecule has 4 rings (SSSR count). The van der Waals surface area contributed by atoms with E-state index in [9.17, 15) is 14.0 Å². The fraction of sp³-hybridized carbons (Fsp3) is 0.440. The topological polar surface area (TPSA) is 52.7 Å². The summed E-state index contributed by atoms with van der Waals surface area (Å²) in [7, 11) is 0. The number of rotatable bonds is 5. The molecule has 2 fully saturated rings. The normalized spacial score (nSPS) is 17.5. The zero-order valence-corrected chi connectivity index (χ0v) is 17.9. The number of nitrogens with one attached hydrogen (secondary N) is 1. The predicted molar refractivity (Wildman–Crippen MR) is 121 cm³/mol. The molecule has 6 heteroatoms. The molecular formula is C25H30FN3O2. The molecule has 1 saturated carbocycles. The summed E-state index contributed by atoms with van der Waals surface area (Å²) >= 11 is 0. The van der Waals surface area contributed by atoms with Crippen LogP contribution in [0, 0.1) is 11.7 Å². The van der Waals surface area contributed by atoms with Crippen molar-refractivity contribution >= 4 is 23.2 Å². The number of anilines is 2. The Kier molecular flexibility index (Phi) is 6.85. The zero-order valence-electron chi connectivity index (χ0n) is 17.9. The van der Waals surface area contributed by atoms with Crippen LogP contribution in [-0.2, 0) is 16.0 Å². The van der Waals surface area contributed by atoms with Crippen molar-refractivity contribution in [1.29, 1.82) is 0 Å². The van der Waals surface area contributed by atoms with Crippen LogP contribution in [0.15, 0.2) is 48.5 Å². The number of hydrogen-bond acceptors (Lipinski definition) is 3. The minimum absolute atomic E-state index is 0.130. The van der Waals surface area contributed by atoms with Crippen molar-refractivity contribution in [2.75, 3.05) is 36.4 Å². The van der Waals surface area contributed by atoms with Crippen molar-refractivity contribution in [3.8, 4) is 0 Å². The maximum atomic E-state index is 13.0. The van der Waals surface area contributed by atoms with Gasteiger partial charge in [-0.15, -0.1) is 0 Å². The van der Waals surface area contributed by atoms with E-state index in [0.29, 0.717) is 5.91 Å². The van der Waals surface area contributed by atoms with Crippen LogP contribution >= 0.6 is 0 Å². The summed E-state index contributed by atoms with van der Waals surface area (Å²) in [6.07, 6.45) is 5.94. The number of amides is 2. The molecule has 2 aliphatic rings. The highest BCUT2D eigenvalue weighted by atomic mass is 19.1. The third kappa shape index (κ3) is 5.63. The van der Waals surface area contributed by atoms with Gasteiger partial charge in [-0.25, -0.2) is 4.39 Å². The fourth-order valence-electron chi connectivity index (χ4n) is 4.54. The molecule has 1 heterocycles. The highest BCUT2D eigenvalue weighted by molar-refractivity contribution is 5.92. The Bertz CT molecular complexity index is 884. The molecule has 2 aromatic carbocycles. The summed E-state index contributed by atoms with van der Waals surface area (Å²) in [6.45, 7) is 3.19. The first-order chi connectivity index (χ1) is 15.1. The summed E-state index contributed by atoms with van der Waals surface area (Å²) in [5, 5.41) is 2.89. The summed E-state index contributed by atoms with van der Waals surface area (Å²) in [4.78, 5) is 29.3. The van der Waals surface area contributed by atoms with Gasteiger partial charge >= 0.3 is 0 Å². The zero-order chi connectivity index (χ0) is 21.6. The lowest BCUT2D eigenvalue weighted by Crippen LogP contribution is -2.50.